The first kappa shape index (κ1) is 18.7. The number of nitrogens with zero attached hydrogens (tertiary/aromatic N) is 3. The minimum absolute atomic E-state index is 0.640. The Hall–Kier alpha value is -2.70. The van der Waals surface area contributed by atoms with Crippen LogP contribution >= 0.6 is 0 Å². The number of hydrogen-bond acceptors (Lipinski definition) is 6. The molecular weight excluding hydrogens is 352 g/mol. The third kappa shape index (κ3) is 4.58. The van der Waals surface area contributed by atoms with Crippen molar-refractivity contribution in [2.24, 2.45) is 0 Å². The minimum atomic E-state index is 0.640. The molecule has 0 radical (unpaired) electrons. The molecule has 1 aliphatic rings. The Labute approximate surface area is 165 Å². The van der Waals surface area contributed by atoms with Gasteiger partial charge in [0.2, 0.25) is 0 Å². The molecule has 1 N–H and O–H groups in total. The molecule has 0 bridgehead atoms. The van der Waals surface area contributed by atoms with Crippen molar-refractivity contribution in [3.63, 3.8) is 0 Å². The van der Waals surface area contributed by atoms with Gasteiger partial charge in [-0.3, -0.25) is 4.90 Å². The molecule has 0 spiro atoms. The lowest BCUT2D eigenvalue weighted by molar-refractivity contribution is 0.0322. The van der Waals surface area contributed by atoms with E-state index in [1.807, 2.05) is 49.4 Å². The van der Waals surface area contributed by atoms with E-state index in [1.165, 1.54) is 0 Å². The summed E-state index contributed by atoms with van der Waals surface area (Å²) < 4.78 is 11.5. The number of fused-ring (bicyclic) bond motifs is 1. The SMILES string of the molecule is Cc1nc2ccccc2nc1NCc1ccccc1OCCN1CCOCC1. The number of aromatic nitrogens is 2. The Morgan fingerprint density at radius 3 is 2.54 bits per heavy atom. The van der Waals surface area contributed by atoms with Gasteiger partial charge in [-0.15, -0.1) is 0 Å². The Morgan fingerprint density at radius 1 is 1.00 bits per heavy atom. The fourth-order valence-electron chi connectivity index (χ4n) is 3.33. The molecule has 1 aliphatic heterocycles. The van der Waals surface area contributed by atoms with Crippen molar-refractivity contribution < 1.29 is 9.47 Å². The van der Waals surface area contributed by atoms with E-state index in [1.54, 1.807) is 0 Å². The first-order valence-corrected chi connectivity index (χ1v) is 9.78. The number of hydrogen-bond donors (Lipinski definition) is 1. The van der Waals surface area contributed by atoms with Crippen molar-refractivity contribution >= 4 is 16.9 Å². The van der Waals surface area contributed by atoms with Crippen molar-refractivity contribution in [3.8, 4) is 5.75 Å². The Morgan fingerprint density at radius 2 is 1.71 bits per heavy atom. The summed E-state index contributed by atoms with van der Waals surface area (Å²) in [7, 11) is 0. The summed E-state index contributed by atoms with van der Waals surface area (Å²) in [6, 6.07) is 16.1. The van der Waals surface area contributed by atoms with Crippen LogP contribution in [0.25, 0.3) is 11.0 Å². The smallest absolute Gasteiger partial charge is 0.148 e. The van der Waals surface area contributed by atoms with Crippen LogP contribution in [0.5, 0.6) is 5.75 Å². The number of rotatable bonds is 7. The van der Waals surface area contributed by atoms with Gasteiger partial charge in [0.15, 0.2) is 0 Å². The van der Waals surface area contributed by atoms with Crippen molar-refractivity contribution in [2.45, 2.75) is 13.5 Å². The highest BCUT2D eigenvalue weighted by Crippen LogP contribution is 2.21. The van der Waals surface area contributed by atoms with Crippen LogP contribution in [0.15, 0.2) is 48.5 Å². The maximum Gasteiger partial charge on any atom is 0.148 e. The maximum atomic E-state index is 6.07. The van der Waals surface area contributed by atoms with Gasteiger partial charge in [-0.1, -0.05) is 30.3 Å². The van der Waals surface area contributed by atoms with Crippen LogP contribution in [0.4, 0.5) is 5.82 Å². The van der Waals surface area contributed by atoms with Gasteiger partial charge in [0.05, 0.1) is 29.9 Å². The monoisotopic (exact) mass is 378 g/mol. The fourth-order valence-corrected chi connectivity index (χ4v) is 3.33. The second-order valence-corrected chi connectivity index (χ2v) is 6.91. The first-order valence-electron chi connectivity index (χ1n) is 9.78. The molecule has 2 heterocycles. The van der Waals surface area contributed by atoms with E-state index in [2.05, 4.69) is 21.3 Å². The summed E-state index contributed by atoms with van der Waals surface area (Å²) >= 11 is 0. The van der Waals surface area contributed by atoms with Gasteiger partial charge in [0.1, 0.15) is 18.2 Å². The molecule has 1 fully saturated rings. The molecule has 0 atom stereocenters. The average Bonchev–Trinajstić information content (AvgIpc) is 2.74. The number of anilines is 1. The number of ether oxygens (including phenoxy) is 2. The van der Waals surface area contributed by atoms with E-state index in [4.69, 9.17) is 14.5 Å². The second-order valence-electron chi connectivity index (χ2n) is 6.91. The van der Waals surface area contributed by atoms with Crippen molar-refractivity contribution in [1.82, 2.24) is 14.9 Å². The van der Waals surface area contributed by atoms with Crippen LogP contribution in [0.2, 0.25) is 0 Å². The van der Waals surface area contributed by atoms with E-state index >= 15 is 0 Å². The minimum Gasteiger partial charge on any atom is -0.492 e. The molecule has 0 aliphatic carbocycles. The van der Waals surface area contributed by atoms with Gasteiger partial charge in [-0.05, 0) is 25.1 Å². The number of aryl methyl sites for hydroxylation is 1. The Kier molecular flexibility index (Phi) is 5.99. The van der Waals surface area contributed by atoms with Crippen molar-refractivity contribution in [2.75, 3.05) is 44.8 Å². The maximum absolute atomic E-state index is 6.07. The lowest BCUT2D eigenvalue weighted by atomic mass is 10.2. The van der Waals surface area contributed by atoms with Gasteiger partial charge in [-0.2, -0.15) is 0 Å². The van der Waals surface area contributed by atoms with E-state index < -0.39 is 0 Å². The predicted molar refractivity (Wildman–Crippen MR) is 111 cm³/mol. The van der Waals surface area contributed by atoms with Crippen LogP contribution < -0.4 is 10.1 Å². The summed E-state index contributed by atoms with van der Waals surface area (Å²) in [6.45, 7) is 7.79. The molecular formula is C22H26N4O2. The van der Waals surface area contributed by atoms with Crippen LogP contribution in [0, 0.1) is 6.92 Å². The topological polar surface area (TPSA) is 59.5 Å². The number of para-hydroxylation sites is 3. The fraction of sp³-hybridized carbons (Fsp3) is 0.364. The van der Waals surface area contributed by atoms with Crippen LogP contribution in [0.3, 0.4) is 0 Å². The first-order chi connectivity index (χ1) is 13.8. The lowest BCUT2D eigenvalue weighted by Gasteiger charge is -2.26. The van der Waals surface area contributed by atoms with E-state index in [9.17, 15) is 0 Å². The van der Waals surface area contributed by atoms with Crippen LogP contribution in [-0.2, 0) is 11.3 Å². The van der Waals surface area contributed by atoms with E-state index in [-0.39, 0.29) is 0 Å². The molecule has 1 aromatic heterocycles. The zero-order valence-electron chi connectivity index (χ0n) is 16.2. The molecule has 0 amide bonds. The highest BCUT2D eigenvalue weighted by Gasteiger charge is 2.11. The molecule has 1 saturated heterocycles. The summed E-state index contributed by atoms with van der Waals surface area (Å²) in [4.78, 5) is 11.7. The zero-order valence-corrected chi connectivity index (χ0v) is 16.2. The molecule has 28 heavy (non-hydrogen) atoms. The second kappa shape index (κ2) is 8.99. The lowest BCUT2D eigenvalue weighted by Crippen LogP contribution is -2.38. The van der Waals surface area contributed by atoms with Crippen molar-refractivity contribution in [3.05, 3.63) is 59.8 Å². The van der Waals surface area contributed by atoms with Gasteiger partial charge in [0.25, 0.3) is 0 Å². The van der Waals surface area contributed by atoms with Gasteiger partial charge < -0.3 is 14.8 Å². The summed E-state index contributed by atoms with van der Waals surface area (Å²) in [5.74, 6) is 1.72. The summed E-state index contributed by atoms with van der Waals surface area (Å²) in [5.41, 5.74) is 3.81. The number of nitrogens with one attached hydrogen (secondary N) is 1. The predicted octanol–water partition coefficient (Wildman–Crippen LogP) is 3.26. The van der Waals surface area contributed by atoms with Gasteiger partial charge >= 0.3 is 0 Å². The molecule has 6 nitrogen and oxygen atoms in total. The summed E-state index contributed by atoms with van der Waals surface area (Å²) in [5, 5.41) is 3.42. The third-order valence-corrected chi connectivity index (χ3v) is 4.93. The standard InChI is InChI=1S/C22H26N4O2/c1-17-22(25-20-8-4-3-7-19(20)24-17)23-16-18-6-2-5-9-21(18)28-15-12-26-10-13-27-14-11-26/h2-9H,10-16H2,1H3,(H,23,25). The van der Waals surface area contributed by atoms with E-state index in [0.717, 1.165) is 66.7 Å². The average molecular weight is 378 g/mol. The molecule has 0 unspecified atom stereocenters. The molecule has 146 valence electrons. The third-order valence-electron chi connectivity index (χ3n) is 4.93. The highest BCUT2D eigenvalue weighted by atomic mass is 16.5. The molecule has 0 saturated carbocycles. The summed E-state index contributed by atoms with van der Waals surface area (Å²) in [6.07, 6.45) is 0. The van der Waals surface area contributed by atoms with Gasteiger partial charge in [-0.25, -0.2) is 9.97 Å². The highest BCUT2D eigenvalue weighted by molar-refractivity contribution is 5.76. The molecule has 3 aromatic rings. The largest absolute Gasteiger partial charge is 0.492 e. The Balaban J connectivity index is 1.39. The van der Waals surface area contributed by atoms with Gasteiger partial charge in [0, 0.05) is 31.7 Å². The Bertz CT molecular complexity index is 925. The zero-order chi connectivity index (χ0) is 19.2. The molecule has 2 aromatic carbocycles. The van der Waals surface area contributed by atoms with Crippen molar-refractivity contribution in [1.29, 1.82) is 0 Å². The van der Waals surface area contributed by atoms with Crippen LogP contribution in [-0.4, -0.2) is 54.3 Å². The van der Waals surface area contributed by atoms with Crippen LogP contribution in [0.1, 0.15) is 11.3 Å². The molecule has 4 rings (SSSR count). The number of morpholine rings is 1. The number of benzene rings is 2. The van der Waals surface area contributed by atoms with E-state index in [0.29, 0.717) is 13.2 Å². The normalized spacial score (nSPS) is 14.9. The quantitative estimate of drug-likeness (QED) is 0.681. The molecule has 6 heteroatoms.